The summed E-state index contributed by atoms with van der Waals surface area (Å²) in [6.07, 6.45) is 4.87. The van der Waals surface area contributed by atoms with E-state index in [1.165, 1.54) is 12.1 Å². The van der Waals surface area contributed by atoms with Crippen molar-refractivity contribution in [3.8, 4) is 5.75 Å². The highest BCUT2D eigenvalue weighted by molar-refractivity contribution is 5.63. The van der Waals surface area contributed by atoms with Crippen LogP contribution in [0.1, 0.15) is 24.0 Å². The summed E-state index contributed by atoms with van der Waals surface area (Å²) in [6.45, 7) is 0. The molecular weight excluding hydrogens is 318 g/mol. The number of aliphatic hydroxyl groups is 1. The molecule has 1 aliphatic carbocycles. The van der Waals surface area contributed by atoms with Crippen molar-refractivity contribution in [2.75, 3.05) is 7.11 Å². The molecule has 3 rings (SSSR count). The van der Waals surface area contributed by atoms with E-state index in [-0.39, 0.29) is 5.69 Å². The smallest absolute Gasteiger partial charge is 0.269 e. The predicted molar refractivity (Wildman–Crippen MR) is 97.3 cm³/mol. The molecule has 0 radical (unpaired) electrons. The first kappa shape index (κ1) is 16.9. The van der Waals surface area contributed by atoms with Crippen LogP contribution in [0.15, 0.2) is 59.7 Å². The van der Waals surface area contributed by atoms with Crippen LogP contribution in [0.3, 0.4) is 0 Å². The van der Waals surface area contributed by atoms with E-state index < -0.39 is 11.0 Å². The molecule has 1 saturated carbocycles. The first-order chi connectivity index (χ1) is 12.1. The second-order valence-corrected chi connectivity index (χ2v) is 5.96. The Kier molecular flexibility index (Phi) is 4.95. The number of benzene rings is 2. The fourth-order valence-corrected chi connectivity index (χ4v) is 2.92. The summed E-state index contributed by atoms with van der Waals surface area (Å²) in [5.41, 5.74) is 3.83. The molecule has 0 heterocycles. The van der Waals surface area contributed by atoms with Gasteiger partial charge in [0, 0.05) is 12.1 Å². The van der Waals surface area contributed by atoms with E-state index in [2.05, 4.69) is 0 Å². The topological polar surface area (TPSA) is 72.6 Å². The van der Waals surface area contributed by atoms with Crippen LogP contribution in [0.2, 0.25) is 0 Å². The number of aliphatic hydroxyl groups excluding tert-OH is 1. The minimum atomic E-state index is -0.614. The van der Waals surface area contributed by atoms with Gasteiger partial charge in [0.1, 0.15) is 5.75 Å². The van der Waals surface area contributed by atoms with Crippen molar-refractivity contribution in [2.45, 2.75) is 18.9 Å². The molecule has 0 spiro atoms. The summed E-state index contributed by atoms with van der Waals surface area (Å²) >= 11 is 0. The van der Waals surface area contributed by atoms with E-state index in [9.17, 15) is 15.2 Å². The summed E-state index contributed by atoms with van der Waals surface area (Å²) < 4.78 is 5.15. The second kappa shape index (κ2) is 7.32. The average molecular weight is 337 g/mol. The SMILES string of the molecule is COc1ccc(/C=C2/CC/C(=C/c3ccc([N+](=O)[O-])cc3)C2O)cc1. The Morgan fingerprint density at radius 2 is 1.48 bits per heavy atom. The molecule has 0 aliphatic heterocycles. The molecule has 1 unspecified atom stereocenters. The van der Waals surface area contributed by atoms with Crippen LogP contribution in [0.5, 0.6) is 5.75 Å². The summed E-state index contributed by atoms with van der Waals surface area (Å²) in [5.74, 6) is 0.799. The van der Waals surface area contributed by atoms with E-state index in [0.29, 0.717) is 0 Å². The fourth-order valence-electron chi connectivity index (χ4n) is 2.92. The minimum absolute atomic E-state index is 0.0641. The van der Waals surface area contributed by atoms with Gasteiger partial charge in [0.05, 0.1) is 18.1 Å². The van der Waals surface area contributed by atoms with Gasteiger partial charge in [-0.05, 0) is 59.4 Å². The van der Waals surface area contributed by atoms with Crippen LogP contribution in [0, 0.1) is 10.1 Å². The Hall–Kier alpha value is -2.92. The van der Waals surface area contributed by atoms with Crippen LogP contribution in [-0.2, 0) is 0 Å². The maximum absolute atomic E-state index is 10.7. The summed E-state index contributed by atoms with van der Waals surface area (Å²) in [4.78, 5) is 10.3. The highest BCUT2D eigenvalue weighted by Crippen LogP contribution is 2.33. The average Bonchev–Trinajstić information content (AvgIpc) is 2.96. The number of nitro groups is 1. The summed E-state index contributed by atoms with van der Waals surface area (Å²) in [5, 5.41) is 21.2. The van der Waals surface area contributed by atoms with Gasteiger partial charge < -0.3 is 9.84 Å². The lowest BCUT2D eigenvalue weighted by atomic mass is 10.0. The fraction of sp³-hybridized carbons (Fsp3) is 0.200. The van der Waals surface area contributed by atoms with E-state index in [1.54, 1.807) is 19.2 Å². The highest BCUT2D eigenvalue weighted by atomic mass is 16.6. The monoisotopic (exact) mass is 337 g/mol. The van der Waals surface area contributed by atoms with Crippen molar-refractivity contribution in [3.63, 3.8) is 0 Å². The number of nitrogens with zero attached hydrogens (tertiary/aromatic N) is 1. The molecule has 2 aromatic carbocycles. The lowest BCUT2D eigenvalue weighted by molar-refractivity contribution is -0.384. The van der Waals surface area contributed by atoms with Crippen molar-refractivity contribution in [3.05, 3.63) is 80.9 Å². The van der Waals surface area contributed by atoms with Crippen molar-refractivity contribution < 1.29 is 14.8 Å². The number of rotatable bonds is 4. The van der Waals surface area contributed by atoms with Gasteiger partial charge >= 0.3 is 0 Å². The van der Waals surface area contributed by atoms with Gasteiger partial charge in [-0.3, -0.25) is 10.1 Å². The molecular formula is C20H19NO4. The Morgan fingerprint density at radius 1 is 1.00 bits per heavy atom. The number of hydrogen-bond donors (Lipinski definition) is 1. The minimum Gasteiger partial charge on any atom is -0.497 e. The number of non-ortho nitro benzene ring substituents is 1. The van der Waals surface area contributed by atoms with Crippen molar-refractivity contribution in [1.29, 1.82) is 0 Å². The molecule has 0 saturated heterocycles. The highest BCUT2D eigenvalue weighted by Gasteiger charge is 2.23. The van der Waals surface area contributed by atoms with Crippen molar-refractivity contribution in [2.24, 2.45) is 0 Å². The van der Waals surface area contributed by atoms with Gasteiger partial charge in [0.15, 0.2) is 0 Å². The zero-order chi connectivity index (χ0) is 17.8. The Bertz CT molecular complexity index is 820. The van der Waals surface area contributed by atoms with E-state index >= 15 is 0 Å². The normalized spacial score (nSPS) is 20.2. The summed E-state index contributed by atoms with van der Waals surface area (Å²) in [7, 11) is 1.63. The Balaban J connectivity index is 1.77. The predicted octanol–water partition coefficient (Wildman–Crippen LogP) is 4.23. The molecule has 1 aliphatic rings. The molecule has 25 heavy (non-hydrogen) atoms. The molecule has 0 amide bonds. The quantitative estimate of drug-likeness (QED) is 0.669. The van der Waals surface area contributed by atoms with E-state index in [1.807, 2.05) is 36.4 Å². The van der Waals surface area contributed by atoms with Gasteiger partial charge in [-0.15, -0.1) is 0 Å². The summed E-state index contributed by atoms with van der Waals surface area (Å²) in [6, 6.07) is 14.0. The lowest BCUT2D eigenvalue weighted by Crippen LogP contribution is -2.04. The zero-order valence-electron chi connectivity index (χ0n) is 13.9. The first-order valence-electron chi connectivity index (χ1n) is 8.04. The van der Waals surface area contributed by atoms with Crippen molar-refractivity contribution in [1.82, 2.24) is 0 Å². The number of methoxy groups -OCH3 is 1. The zero-order valence-corrected chi connectivity index (χ0v) is 13.9. The van der Waals surface area contributed by atoms with E-state index in [4.69, 9.17) is 4.74 Å². The lowest BCUT2D eigenvalue weighted by Gasteiger charge is -2.07. The molecule has 5 nitrogen and oxygen atoms in total. The number of hydrogen-bond acceptors (Lipinski definition) is 4. The molecule has 1 fully saturated rings. The van der Waals surface area contributed by atoms with E-state index in [0.717, 1.165) is 40.9 Å². The number of ether oxygens (including phenoxy) is 1. The van der Waals surface area contributed by atoms with Crippen LogP contribution in [0.4, 0.5) is 5.69 Å². The van der Waals surface area contributed by atoms with Crippen LogP contribution in [0.25, 0.3) is 12.2 Å². The third-order valence-electron chi connectivity index (χ3n) is 4.33. The van der Waals surface area contributed by atoms with Gasteiger partial charge in [-0.1, -0.05) is 24.3 Å². The molecule has 0 aromatic heterocycles. The first-order valence-corrected chi connectivity index (χ1v) is 8.04. The van der Waals surface area contributed by atoms with Crippen molar-refractivity contribution >= 4 is 17.8 Å². The maximum Gasteiger partial charge on any atom is 0.269 e. The standard InChI is InChI=1S/C20H19NO4/c1-25-19-10-4-15(5-11-19)13-17-7-6-16(20(17)22)12-14-2-8-18(9-3-14)21(23)24/h2-5,8-13,20,22H,6-7H2,1H3/b16-12-,17-13-. The van der Waals surface area contributed by atoms with Crippen LogP contribution < -0.4 is 4.74 Å². The van der Waals surface area contributed by atoms with Crippen LogP contribution >= 0.6 is 0 Å². The third kappa shape index (κ3) is 3.95. The molecule has 5 heteroatoms. The van der Waals surface area contributed by atoms with Gasteiger partial charge in [0.25, 0.3) is 5.69 Å². The Labute approximate surface area is 146 Å². The molecule has 1 N–H and O–H groups in total. The largest absolute Gasteiger partial charge is 0.497 e. The second-order valence-electron chi connectivity index (χ2n) is 5.96. The Morgan fingerprint density at radius 3 is 1.92 bits per heavy atom. The molecule has 1 atom stereocenters. The van der Waals surface area contributed by atoms with Crippen LogP contribution in [-0.4, -0.2) is 23.2 Å². The molecule has 128 valence electrons. The van der Waals surface area contributed by atoms with Gasteiger partial charge in [-0.25, -0.2) is 0 Å². The molecule has 0 bridgehead atoms. The van der Waals surface area contributed by atoms with Gasteiger partial charge in [-0.2, -0.15) is 0 Å². The number of nitro benzene ring substituents is 1. The third-order valence-corrected chi connectivity index (χ3v) is 4.33. The maximum atomic E-state index is 10.7. The molecule has 2 aromatic rings. The van der Waals surface area contributed by atoms with Gasteiger partial charge in [0.2, 0.25) is 0 Å².